The third-order valence-corrected chi connectivity index (χ3v) is 5.27. The fraction of sp³-hybridized carbons (Fsp3) is 0.500. The molecule has 1 amide bonds. The molecule has 8 nitrogen and oxygen atoms in total. The highest BCUT2D eigenvalue weighted by atomic mass is 16.5. The van der Waals surface area contributed by atoms with Gasteiger partial charge in [0, 0.05) is 56.2 Å². The molecule has 0 saturated carbocycles. The third kappa shape index (κ3) is 4.22. The van der Waals surface area contributed by atoms with Gasteiger partial charge in [-0.15, -0.1) is 0 Å². The monoisotopic (exact) mass is 384 g/mol. The standard InChI is InChI=1S/C20H28N6O2/c1-12-8-17(28-5)23-10-15(12)9-22-16-6-7-26(11-16)19-13(2)14(3)24-18(25-19)20(27)21-4/h8,10,16,22H,6-7,9,11H2,1-5H3,(H,21,27)/t16-/m1/s1. The molecule has 1 atom stereocenters. The number of nitrogens with zero attached hydrogens (tertiary/aromatic N) is 4. The van der Waals surface area contributed by atoms with E-state index in [1.54, 1.807) is 14.2 Å². The van der Waals surface area contributed by atoms with Gasteiger partial charge in [-0.2, -0.15) is 0 Å². The van der Waals surface area contributed by atoms with Crippen molar-refractivity contribution in [1.82, 2.24) is 25.6 Å². The number of anilines is 1. The average molecular weight is 384 g/mol. The molecule has 0 bridgehead atoms. The predicted octanol–water partition coefficient (Wildman–Crippen LogP) is 1.53. The van der Waals surface area contributed by atoms with E-state index in [1.165, 1.54) is 0 Å². The number of carbonyl (C=O) groups is 1. The van der Waals surface area contributed by atoms with Gasteiger partial charge >= 0.3 is 0 Å². The van der Waals surface area contributed by atoms with Crippen LogP contribution < -0.4 is 20.3 Å². The topological polar surface area (TPSA) is 92.3 Å². The molecule has 0 unspecified atom stereocenters. The Morgan fingerprint density at radius 1 is 1.32 bits per heavy atom. The van der Waals surface area contributed by atoms with Crippen molar-refractivity contribution < 1.29 is 9.53 Å². The number of methoxy groups -OCH3 is 1. The van der Waals surface area contributed by atoms with Crippen molar-refractivity contribution in [2.24, 2.45) is 0 Å². The van der Waals surface area contributed by atoms with Gasteiger partial charge in [-0.3, -0.25) is 4.79 Å². The van der Waals surface area contributed by atoms with Gasteiger partial charge < -0.3 is 20.3 Å². The number of hydrogen-bond donors (Lipinski definition) is 2. The Morgan fingerprint density at radius 3 is 2.79 bits per heavy atom. The van der Waals surface area contributed by atoms with Gasteiger partial charge in [0.1, 0.15) is 5.82 Å². The van der Waals surface area contributed by atoms with E-state index >= 15 is 0 Å². The second-order valence-corrected chi connectivity index (χ2v) is 7.13. The van der Waals surface area contributed by atoms with E-state index in [0.717, 1.165) is 54.3 Å². The summed E-state index contributed by atoms with van der Waals surface area (Å²) in [7, 11) is 3.21. The maximum Gasteiger partial charge on any atom is 0.288 e. The van der Waals surface area contributed by atoms with Crippen molar-refractivity contribution in [3.05, 3.63) is 40.5 Å². The lowest BCUT2D eigenvalue weighted by Crippen LogP contribution is -2.33. The molecule has 0 radical (unpaired) electrons. The number of carbonyl (C=O) groups excluding carboxylic acids is 1. The molecule has 1 saturated heterocycles. The average Bonchev–Trinajstić information content (AvgIpc) is 3.17. The minimum Gasteiger partial charge on any atom is -0.481 e. The first-order valence-electron chi connectivity index (χ1n) is 9.48. The molecular weight excluding hydrogens is 356 g/mol. The summed E-state index contributed by atoms with van der Waals surface area (Å²) >= 11 is 0. The van der Waals surface area contributed by atoms with Crippen molar-refractivity contribution in [2.45, 2.75) is 39.8 Å². The summed E-state index contributed by atoms with van der Waals surface area (Å²) in [5.74, 6) is 1.44. The van der Waals surface area contributed by atoms with E-state index in [9.17, 15) is 4.79 Å². The second kappa shape index (κ2) is 8.52. The summed E-state index contributed by atoms with van der Waals surface area (Å²) in [6.45, 7) is 8.47. The number of rotatable bonds is 6. The minimum atomic E-state index is -0.263. The van der Waals surface area contributed by atoms with Gasteiger partial charge in [-0.1, -0.05) is 0 Å². The highest BCUT2D eigenvalue weighted by Crippen LogP contribution is 2.24. The molecule has 3 rings (SSSR count). The maximum atomic E-state index is 12.0. The van der Waals surface area contributed by atoms with Gasteiger partial charge in [0.05, 0.1) is 7.11 Å². The Balaban J connectivity index is 1.67. The van der Waals surface area contributed by atoms with Gasteiger partial charge in [-0.05, 0) is 38.3 Å². The summed E-state index contributed by atoms with van der Waals surface area (Å²) in [6, 6.07) is 2.30. The fourth-order valence-electron chi connectivity index (χ4n) is 3.36. The van der Waals surface area contributed by atoms with Gasteiger partial charge in [0.15, 0.2) is 0 Å². The molecule has 1 fully saturated rings. The zero-order valence-corrected chi connectivity index (χ0v) is 17.2. The maximum absolute atomic E-state index is 12.0. The number of aromatic nitrogens is 3. The molecule has 28 heavy (non-hydrogen) atoms. The minimum absolute atomic E-state index is 0.219. The first-order chi connectivity index (χ1) is 13.4. The summed E-state index contributed by atoms with van der Waals surface area (Å²) in [6.07, 6.45) is 2.88. The van der Waals surface area contributed by atoms with Crippen molar-refractivity contribution in [2.75, 3.05) is 32.1 Å². The summed E-state index contributed by atoms with van der Waals surface area (Å²) in [4.78, 5) is 27.3. The zero-order valence-electron chi connectivity index (χ0n) is 17.2. The summed E-state index contributed by atoms with van der Waals surface area (Å²) in [5.41, 5.74) is 4.17. The summed E-state index contributed by atoms with van der Waals surface area (Å²) < 4.78 is 5.17. The Kier molecular flexibility index (Phi) is 6.08. The molecule has 2 aromatic rings. The van der Waals surface area contributed by atoms with E-state index in [2.05, 4.69) is 37.4 Å². The van der Waals surface area contributed by atoms with Gasteiger partial charge in [-0.25, -0.2) is 15.0 Å². The molecule has 0 aliphatic carbocycles. The van der Waals surface area contributed by atoms with Crippen LogP contribution in [0.3, 0.4) is 0 Å². The largest absolute Gasteiger partial charge is 0.481 e. The number of pyridine rings is 1. The number of nitrogens with one attached hydrogen (secondary N) is 2. The normalized spacial score (nSPS) is 16.3. The lowest BCUT2D eigenvalue weighted by molar-refractivity contribution is 0.0952. The lowest BCUT2D eigenvalue weighted by Gasteiger charge is -2.21. The van der Waals surface area contributed by atoms with Crippen LogP contribution in [0.4, 0.5) is 5.82 Å². The third-order valence-electron chi connectivity index (χ3n) is 5.27. The van der Waals surface area contributed by atoms with Crippen LogP contribution in [0.5, 0.6) is 5.88 Å². The summed E-state index contributed by atoms with van der Waals surface area (Å²) in [5, 5.41) is 6.21. The SMILES string of the molecule is CNC(=O)c1nc(C)c(C)c(N2CC[C@@H](NCc3cnc(OC)cc3C)C2)n1. The quantitative estimate of drug-likeness (QED) is 0.780. The molecule has 3 heterocycles. The Labute approximate surface area is 165 Å². The molecule has 2 aromatic heterocycles. The van der Waals surface area contributed by atoms with Crippen LogP contribution in [0.2, 0.25) is 0 Å². The molecule has 2 N–H and O–H groups in total. The van der Waals surface area contributed by atoms with Crippen LogP contribution in [-0.4, -0.2) is 54.1 Å². The van der Waals surface area contributed by atoms with Crippen LogP contribution in [0.25, 0.3) is 0 Å². The van der Waals surface area contributed by atoms with Crippen LogP contribution in [0, 0.1) is 20.8 Å². The smallest absolute Gasteiger partial charge is 0.288 e. The molecule has 1 aliphatic heterocycles. The Bertz CT molecular complexity index is 870. The van der Waals surface area contributed by atoms with Crippen LogP contribution >= 0.6 is 0 Å². The van der Waals surface area contributed by atoms with E-state index in [4.69, 9.17) is 4.74 Å². The molecule has 0 spiro atoms. The molecule has 0 aromatic carbocycles. The highest BCUT2D eigenvalue weighted by molar-refractivity contribution is 5.90. The highest BCUT2D eigenvalue weighted by Gasteiger charge is 2.26. The molecule has 1 aliphatic rings. The predicted molar refractivity (Wildman–Crippen MR) is 108 cm³/mol. The fourth-order valence-corrected chi connectivity index (χ4v) is 3.36. The van der Waals surface area contributed by atoms with E-state index < -0.39 is 0 Å². The van der Waals surface area contributed by atoms with Crippen LogP contribution in [-0.2, 0) is 6.54 Å². The van der Waals surface area contributed by atoms with Crippen molar-refractivity contribution in [3.8, 4) is 5.88 Å². The van der Waals surface area contributed by atoms with Crippen LogP contribution in [0.15, 0.2) is 12.3 Å². The van der Waals surface area contributed by atoms with Crippen LogP contribution in [0.1, 0.15) is 39.4 Å². The lowest BCUT2D eigenvalue weighted by atomic mass is 10.1. The number of ether oxygens (including phenoxy) is 1. The Hall–Kier alpha value is -2.74. The van der Waals surface area contributed by atoms with E-state index in [-0.39, 0.29) is 11.7 Å². The zero-order chi connectivity index (χ0) is 20.3. The van der Waals surface area contributed by atoms with E-state index in [1.807, 2.05) is 26.1 Å². The van der Waals surface area contributed by atoms with Crippen molar-refractivity contribution in [3.63, 3.8) is 0 Å². The molecule has 8 heteroatoms. The van der Waals surface area contributed by atoms with Crippen molar-refractivity contribution >= 4 is 11.7 Å². The Morgan fingerprint density at radius 2 is 2.11 bits per heavy atom. The molecular formula is C20H28N6O2. The first-order valence-corrected chi connectivity index (χ1v) is 9.48. The van der Waals surface area contributed by atoms with Crippen molar-refractivity contribution in [1.29, 1.82) is 0 Å². The van der Waals surface area contributed by atoms with Gasteiger partial charge in [0.2, 0.25) is 11.7 Å². The van der Waals surface area contributed by atoms with E-state index in [0.29, 0.717) is 11.9 Å². The number of aryl methyl sites for hydroxylation is 2. The number of hydrogen-bond acceptors (Lipinski definition) is 7. The molecule has 150 valence electrons. The second-order valence-electron chi connectivity index (χ2n) is 7.13. The van der Waals surface area contributed by atoms with Gasteiger partial charge in [0.25, 0.3) is 5.91 Å². The number of amides is 1. The first kappa shape index (κ1) is 20.0.